The fourth-order valence-electron chi connectivity index (χ4n) is 4.32. The van der Waals surface area contributed by atoms with Crippen LogP contribution in [0.3, 0.4) is 0 Å². The summed E-state index contributed by atoms with van der Waals surface area (Å²) in [5.41, 5.74) is 4.92. The first-order chi connectivity index (χ1) is 16.5. The van der Waals surface area contributed by atoms with Gasteiger partial charge < -0.3 is 14.2 Å². The molecule has 0 bridgehead atoms. The number of rotatable bonds is 6. The number of ether oxygens (including phenoxy) is 3. The minimum atomic E-state index is -0.476. The van der Waals surface area contributed by atoms with Gasteiger partial charge >= 0.3 is 0 Å². The van der Waals surface area contributed by atoms with E-state index in [1.807, 2.05) is 32.0 Å². The molecule has 1 N–H and O–H groups in total. The quantitative estimate of drug-likeness (QED) is 0.399. The third-order valence-corrected chi connectivity index (χ3v) is 7.78. The lowest BCUT2D eigenvalue weighted by atomic mass is 9.87. The highest BCUT2D eigenvalue weighted by atomic mass is 79.9. The number of carbonyl (C=O) groups excluding carboxylic acids is 2. The molecule has 1 atom stereocenters. The molecule has 2 aliphatic heterocycles. The molecule has 2 heterocycles. The fraction of sp³-hybridized carbons (Fsp3) is 0.407. The van der Waals surface area contributed by atoms with E-state index in [1.165, 1.54) is 5.56 Å². The molecular weight excluding hydrogens is 530 g/mol. The zero-order chi connectivity index (χ0) is 25.5. The van der Waals surface area contributed by atoms with Crippen LogP contribution in [-0.2, 0) is 11.2 Å². The summed E-state index contributed by atoms with van der Waals surface area (Å²) in [6, 6.07) is 5.58. The highest BCUT2D eigenvalue weighted by Crippen LogP contribution is 2.44. The summed E-state index contributed by atoms with van der Waals surface area (Å²) >= 11 is 4.47. The Morgan fingerprint density at radius 1 is 1.20 bits per heavy atom. The van der Waals surface area contributed by atoms with Gasteiger partial charge in [-0.3, -0.25) is 14.9 Å². The van der Waals surface area contributed by atoms with Gasteiger partial charge in [0.05, 0.1) is 15.5 Å². The fourth-order valence-corrected chi connectivity index (χ4v) is 5.52. The molecule has 2 aromatic rings. The SMILES string of the molecule is Cc1c(C)c2c(c(C)c1OC(C)C)CCC(C)(COc1ccc(C=C3SC(=O)NC3=O)cc1Br)O2. The third-order valence-electron chi connectivity index (χ3n) is 6.35. The van der Waals surface area contributed by atoms with Gasteiger partial charge in [-0.05, 0) is 123 Å². The minimum Gasteiger partial charge on any atom is -0.490 e. The molecule has 186 valence electrons. The number of nitrogens with one attached hydrogen (secondary N) is 1. The lowest BCUT2D eigenvalue weighted by molar-refractivity contribution is -0.115. The molecule has 0 aliphatic carbocycles. The lowest BCUT2D eigenvalue weighted by Gasteiger charge is -2.38. The topological polar surface area (TPSA) is 73.9 Å². The summed E-state index contributed by atoms with van der Waals surface area (Å²) in [7, 11) is 0. The van der Waals surface area contributed by atoms with E-state index in [0.717, 1.165) is 62.8 Å². The molecule has 1 saturated heterocycles. The average Bonchev–Trinajstić information content (AvgIpc) is 3.11. The summed E-state index contributed by atoms with van der Waals surface area (Å²) in [5.74, 6) is 2.22. The second-order valence-electron chi connectivity index (χ2n) is 9.56. The van der Waals surface area contributed by atoms with Crippen LogP contribution in [0.2, 0.25) is 0 Å². The summed E-state index contributed by atoms with van der Waals surface area (Å²) in [6.45, 7) is 12.9. The van der Waals surface area contributed by atoms with Crippen molar-refractivity contribution in [1.29, 1.82) is 0 Å². The molecule has 2 amide bonds. The number of fused-ring (bicyclic) bond motifs is 1. The molecule has 35 heavy (non-hydrogen) atoms. The van der Waals surface area contributed by atoms with E-state index in [2.05, 4.69) is 48.9 Å². The summed E-state index contributed by atoms with van der Waals surface area (Å²) in [5, 5.41) is 1.91. The van der Waals surface area contributed by atoms with E-state index in [-0.39, 0.29) is 17.3 Å². The predicted molar refractivity (Wildman–Crippen MR) is 143 cm³/mol. The molecular formula is C27H30BrNO5S. The van der Waals surface area contributed by atoms with Crippen molar-refractivity contribution in [3.63, 3.8) is 0 Å². The van der Waals surface area contributed by atoms with E-state index in [4.69, 9.17) is 14.2 Å². The van der Waals surface area contributed by atoms with Gasteiger partial charge in [0.25, 0.3) is 11.1 Å². The number of hydrogen-bond acceptors (Lipinski definition) is 6. The van der Waals surface area contributed by atoms with Crippen molar-refractivity contribution >= 4 is 44.9 Å². The summed E-state index contributed by atoms with van der Waals surface area (Å²) in [4.78, 5) is 23.5. The van der Waals surface area contributed by atoms with Crippen LogP contribution in [0.5, 0.6) is 17.2 Å². The van der Waals surface area contributed by atoms with Gasteiger partial charge in [0, 0.05) is 5.56 Å². The molecule has 0 spiro atoms. The van der Waals surface area contributed by atoms with Gasteiger partial charge in [0.1, 0.15) is 29.5 Å². The van der Waals surface area contributed by atoms with Crippen LogP contribution in [0.4, 0.5) is 4.79 Å². The molecule has 0 radical (unpaired) electrons. The zero-order valence-electron chi connectivity index (χ0n) is 20.8. The molecule has 1 unspecified atom stereocenters. The van der Waals surface area contributed by atoms with Crippen LogP contribution in [0.1, 0.15) is 55.0 Å². The maximum Gasteiger partial charge on any atom is 0.290 e. The largest absolute Gasteiger partial charge is 0.490 e. The van der Waals surface area contributed by atoms with Gasteiger partial charge in [-0.1, -0.05) is 6.07 Å². The van der Waals surface area contributed by atoms with Crippen molar-refractivity contribution in [3.8, 4) is 17.2 Å². The molecule has 2 aromatic carbocycles. The second kappa shape index (κ2) is 9.90. The van der Waals surface area contributed by atoms with E-state index < -0.39 is 5.60 Å². The van der Waals surface area contributed by atoms with Gasteiger partial charge in [-0.15, -0.1) is 0 Å². The van der Waals surface area contributed by atoms with Crippen molar-refractivity contribution in [2.75, 3.05) is 6.61 Å². The smallest absolute Gasteiger partial charge is 0.290 e. The van der Waals surface area contributed by atoms with Crippen LogP contribution < -0.4 is 19.5 Å². The molecule has 1 fully saturated rings. The average molecular weight is 561 g/mol. The van der Waals surface area contributed by atoms with Crippen molar-refractivity contribution in [2.24, 2.45) is 0 Å². The number of imide groups is 1. The van der Waals surface area contributed by atoms with Crippen LogP contribution >= 0.6 is 27.7 Å². The third kappa shape index (κ3) is 5.38. The lowest BCUT2D eigenvalue weighted by Crippen LogP contribution is -2.42. The molecule has 4 rings (SSSR count). The van der Waals surface area contributed by atoms with Crippen LogP contribution in [0.25, 0.3) is 6.08 Å². The van der Waals surface area contributed by atoms with E-state index in [9.17, 15) is 9.59 Å². The Bertz CT molecular complexity index is 1240. The van der Waals surface area contributed by atoms with Gasteiger partial charge in [0.2, 0.25) is 0 Å². The predicted octanol–water partition coefficient (Wildman–Crippen LogP) is 6.65. The first kappa shape index (κ1) is 25.6. The van der Waals surface area contributed by atoms with Crippen molar-refractivity contribution < 1.29 is 23.8 Å². The Kier molecular flexibility index (Phi) is 7.25. The van der Waals surface area contributed by atoms with Crippen molar-refractivity contribution in [2.45, 2.75) is 66.1 Å². The number of hydrogen-bond donors (Lipinski definition) is 1. The molecule has 0 aromatic heterocycles. The highest BCUT2D eigenvalue weighted by Gasteiger charge is 2.36. The van der Waals surface area contributed by atoms with E-state index in [1.54, 1.807) is 6.08 Å². The van der Waals surface area contributed by atoms with Gasteiger partial charge in [-0.2, -0.15) is 0 Å². The maximum atomic E-state index is 11.8. The Morgan fingerprint density at radius 3 is 2.57 bits per heavy atom. The number of carbonyl (C=O) groups is 2. The van der Waals surface area contributed by atoms with Gasteiger partial charge in [-0.25, -0.2) is 0 Å². The molecule has 8 heteroatoms. The van der Waals surface area contributed by atoms with Crippen molar-refractivity contribution in [3.05, 3.63) is 55.4 Å². The van der Waals surface area contributed by atoms with Gasteiger partial charge in [0.15, 0.2) is 0 Å². The number of halogens is 1. The Balaban J connectivity index is 1.49. The number of thioether (sulfide) groups is 1. The standard InChI is InChI=1S/C27H30BrNO5S/c1-14(2)33-23-15(3)16(4)24-19(17(23)5)9-10-27(6,34-24)13-32-21-8-7-18(11-20(21)28)12-22-25(30)29-26(31)35-22/h7-8,11-12,14H,9-10,13H2,1-6H3,(H,29,30,31). The minimum absolute atomic E-state index is 0.116. The normalized spacial score (nSPS) is 20.6. The zero-order valence-corrected chi connectivity index (χ0v) is 23.2. The molecule has 2 aliphatic rings. The Morgan fingerprint density at radius 2 is 1.94 bits per heavy atom. The monoisotopic (exact) mass is 559 g/mol. The Labute approximate surface area is 218 Å². The van der Waals surface area contributed by atoms with Crippen LogP contribution in [-0.4, -0.2) is 29.5 Å². The van der Waals surface area contributed by atoms with Crippen molar-refractivity contribution in [1.82, 2.24) is 5.32 Å². The number of amides is 2. The van der Waals surface area contributed by atoms with E-state index in [0.29, 0.717) is 17.3 Å². The highest BCUT2D eigenvalue weighted by molar-refractivity contribution is 9.10. The van der Waals surface area contributed by atoms with E-state index >= 15 is 0 Å². The first-order valence-electron chi connectivity index (χ1n) is 11.6. The summed E-state index contributed by atoms with van der Waals surface area (Å²) < 4.78 is 19.7. The molecule has 0 saturated carbocycles. The van der Waals surface area contributed by atoms with Crippen LogP contribution in [0.15, 0.2) is 27.6 Å². The first-order valence-corrected chi connectivity index (χ1v) is 13.2. The second-order valence-corrected chi connectivity index (χ2v) is 11.4. The maximum absolute atomic E-state index is 11.8. The summed E-state index contributed by atoms with van der Waals surface area (Å²) in [6.07, 6.45) is 3.52. The molecule has 6 nitrogen and oxygen atoms in total. The number of benzene rings is 2. The Hall–Kier alpha value is -2.45. The van der Waals surface area contributed by atoms with Crippen LogP contribution in [0, 0.1) is 20.8 Å².